The molecule has 5 nitrogen and oxygen atoms in total. The van der Waals surface area contributed by atoms with Crippen LogP contribution in [0, 0.1) is 0 Å². The quantitative estimate of drug-likeness (QED) is 0.663. The zero-order valence-electron chi connectivity index (χ0n) is 14.5. The molecule has 2 aromatic carbocycles. The first-order valence-corrected chi connectivity index (χ1v) is 8.33. The number of nitrogens with one attached hydrogen (secondary N) is 1. The van der Waals surface area contributed by atoms with Gasteiger partial charge in [0, 0.05) is 11.8 Å². The van der Waals surface area contributed by atoms with Gasteiger partial charge in [-0.15, -0.1) is 0 Å². The topological polar surface area (TPSA) is 60.5 Å². The van der Waals surface area contributed by atoms with Crippen molar-refractivity contribution in [3.63, 3.8) is 0 Å². The van der Waals surface area contributed by atoms with Gasteiger partial charge in [0.1, 0.15) is 23.8 Å². The molecule has 1 aromatic heterocycles. The molecule has 1 N–H and O–H groups in total. The summed E-state index contributed by atoms with van der Waals surface area (Å²) < 4.78 is 10.7. The SMILES string of the molecule is COc1ccc(OCCNC(=O)c2ccc(-c3ccccc3)cn2)cc1. The minimum absolute atomic E-state index is 0.219. The number of benzene rings is 2. The van der Waals surface area contributed by atoms with Crippen molar-refractivity contribution in [3.8, 4) is 22.6 Å². The molecule has 1 amide bonds. The summed E-state index contributed by atoms with van der Waals surface area (Å²) in [4.78, 5) is 16.4. The molecule has 0 atom stereocenters. The van der Waals surface area contributed by atoms with Crippen molar-refractivity contribution in [1.29, 1.82) is 0 Å². The third kappa shape index (κ3) is 4.60. The molecule has 3 aromatic rings. The smallest absolute Gasteiger partial charge is 0.269 e. The fourth-order valence-corrected chi connectivity index (χ4v) is 2.43. The number of carbonyl (C=O) groups excluding carboxylic acids is 1. The summed E-state index contributed by atoms with van der Waals surface area (Å²) in [6.45, 7) is 0.771. The van der Waals surface area contributed by atoms with E-state index in [0.717, 1.165) is 22.6 Å². The Balaban J connectivity index is 1.47. The second-order valence-electron chi connectivity index (χ2n) is 5.58. The van der Waals surface area contributed by atoms with E-state index in [1.165, 1.54) is 0 Å². The Labute approximate surface area is 152 Å². The van der Waals surface area contributed by atoms with Gasteiger partial charge in [-0.25, -0.2) is 0 Å². The highest BCUT2D eigenvalue weighted by Crippen LogP contribution is 2.18. The minimum Gasteiger partial charge on any atom is -0.497 e. The molecule has 3 rings (SSSR count). The summed E-state index contributed by atoms with van der Waals surface area (Å²) in [6.07, 6.45) is 1.71. The number of carbonyl (C=O) groups is 1. The largest absolute Gasteiger partial charge is 0.497 e. The van der Waals surface area contributed by atoms with E-state index < -0.39 is 0 Å². The first-order valence-electron chi connectivity index (χ1n) is 8.33. The molecule has 0 saturated carbocycles. The predicted molar refractivity (Wildman–Crippen MR) is 100 cm³/mol. The zero-order chi connectivity index (χ0) is 18.2. The van der Waals surface area contributed by atoms with Crippen LogP contribution in [-0.4, -0.2) is 31.2 Å². The van der Waals surface area contributed by atoms with Crippen LogP contribution in [0.1, 0.15) is 10.5 Å². The van der Waals surface area contributed by atoms with Crippen LogP contribution >= 0.6 is 0 Å². The molecule has 0 spiro atoms. The van der Waals surface area contributed by atoms with Crippen molar-refractivity contribution in [2.45, 2.75) is 0 Å². The van der Waals surface area contributed by atoms with E-state index >= 15 is 0 Å². The number of hydrogen-bond acceptors (Lipinski definition) is 4. The first-order chi connectivity index (χ1) is 12.8. The maximum absolute atomic E-state index is 12.1. The summed E-state index contributed by atoms with van der Waals surface area (Å²) in [7, 11) is 1.62. The van der Waals surface area contributed by atoms with Gasteiger partial charge < -0.3 is 14.8 Å². The Hall–Kier alpha value is -3.34. The van der Waals surface area contributed by atoms with Crippen LogP contribution in [0.5, 0.6) is 11.5 Å². The van der Waals surface area contributed by atoms with Crippen molar-refractivity contribution < 1.29 is 14.3 Å². The molecule has 5 heteroatoms. The van der Waals surface area contributed by atoms with E-state index in [1.807, 2.05) is 60.7 Å². The van der Waals surface area contributed by atoms with Crippen LogP contribution in [0.15, 0.2) is 72.9 Å². The Morgan fingerprint density at radius 1 is 0.923 bits per heavy atom. The molecule has 0 bridgehead atoms. The van der Waals surface area contributed by atoms with Crippen molar-refractivity contribution in [1.82, 2.24) is 10.3 Å². The second-order valence-corrected chi connectivity index (χ2v) is 5.58. The van der Waals surface area contributed by atoms with Gasteiger partial charge in [0.15, 0.2) is 0 Å². The van der Waals surface area contributed by atoms with Crippen molar-refractivity contribution in [2.75, 3.05) is 20.3 Å². The normalized spacial score (nSPS) is 10.2. The summed E-state index contributed by atoms with van der Waals surface area (Å²) in [5.74, 6) is 1.28. The number of pyridine rings is 1. The minimum atomic E-state index is -0.219. The molecule has 132 valence electrons. The van der Waals surface area contributed by atoms with Crippen LogP contribution in [-0.2, 0) is 0 Å². The van der Waals surface area contributed by atoms with Crippen molar-refractivity contribution >= 4 is 5.91 Å². The molecular formula is C21H20N2O3. The molecule has 26 heavy (non-hydrogen) atoms. The van der Waals surface area contributed by atoms with Gasteiger partial charge in [0.25, 0.3) is 5.91 Å². The van der Waals surface area contributed by atoms with Gasteiger partial charge in [-0.3, -0.25) is 9.78 Å². The lowest BCUT2D eigenvalue weighted by Gasteiger charge is -2.08. The Morgan fingerprint density at radius 2 is 1.65 bits per heavy atom. The molecule has 0 fully saturated rings. The lowest BCUT2D eigenvalue weighted by Crippen LogP contribution is -2.28. The number of aromatic nitrogens is 1. The average molecular weight is 348 g/mol. The number of ether oxygens (including phenoxy) is 2. The van der Waals surface area contributed by atoms with Gasteiger partial charge in [-0.2, -0.15) is 0 Å². The maximum atomic E-state index is 12.1. The van der Waals surface area contributed by atoms with Crippen LogP contribution in [0.4, 0.5) is 0 Å². The van der Waals surface area contributed by atoms with Crippen molar-refractivity contribution in [2.24, 2.45) is 0 Å². The summed E-state index contributed by atoms with van der Waals surface area (Å²) in [5.41, 5.74) is 2.43. The van der Waals surface area contributed by atoms with E-state index in [4.69, 9.17) is 9.47 Å². The molecule has 0 aliphatic rings. The van der Waals surface area contributed by atoms with E-state index in [2.05, 4.69) is 10.3 Å². The molecule has 0 aliphatic heterocycles. The van der Waals surface area contributed by atoms with Crippen LogP contribution in [0.25, 0.3) is 11.1 Å². The Morgan fingerprint density at radius 3 is 2.31 bits per heavy atom. The van der Waals surface area contributed by atoms with E-state index in [-0.39, 0.29) is 5.91 Å². The zero-order valence-corrected chi connectivity index (χ0v) is 14.5. The van der Waals surface area contributed by atoms with Crippen molar-refractivity contribution in [3.05, 3.63) is 78.6 Å². The fourth-order valence-electron chi connectivity index (χ4n) is 2.43. The van der Waals surface area contributed by atoms with Gasteiger partial charge in [0.05, 0.1) is 13.7 Å². The van der Waals surface area contributed by atoms with E-state index in [9.17, 15) is 4.79 Å². The third-order valence-corrected chi connectivity index (χ3v) is 3.82. The number of nitrogens with zero attached hydrogens (tertiary/aromatic N) is 1. The van der Waals surface area contributed by atoms with Gasteiger partial charge in [-0.05, 0) is 35.9 Å². The Bertz CT molecular complexity index is 831. The maximum Gasteiger partial charge on any atom is 0.269 e. The highest BCUT2D eigenvalue weighted by Gasteiger charge is 2.07. The highest BCUT2D eigenvalue weighted by atomic mass is 16.5. The highest BCUT2D eigenvalue weighted by molar-refractivity contribution is 5.92. The summed E-state index contributed by atoms with van der Waals surface area (Å²) in [5, 5.41) is 2.80. The molecular weight excluding hydrogens is 328 g/mol. The molecule has 1 heterocycles. The average Bonchev–Trinajstić information content (AvgIpc) is 2.72. The van der Waals surface area contributed by atoms with Crippen LogP contribution < -0.4 is 14.8 Å². The fraction of sp³-hybridized carbons (Fsp3) is 0.143. The standard InChI is InChI=1S/C21H20N2O3/c1-25-18-8-10-19(11-9-18)26-14-13-22-21(24)20-12-7-17(15-23-20)16-5-3-2-4-6-16/h2-12,15H,13-14H2,1H3,(H,22,24). The number of amides is 1. The van der Waals surface area contributed by atoms with Crippen LogP contribution in [0.2, 0.25) is 0 Å². The molecule has 0 saturated heterocycles. The predicted octanol–water partition coefficient (Wildman–Crippen LogP) is 3.57. The van der Waals surface area contributed by atoms with Crippen LogP contribution in [0.3, 0.4) is 0 Å². The lowest BCUT2D eigenvalue weighted by atomic mass is 10.1. The molecule has 0 unspecified atom stereocenters. The monoisotopic (exact) mass is 348 g/mol. The van der Waals surface area contributed by atoms with Gasteiger partial charge in [-0.1, -0.05) is 36.4 Å². The number of methoxy groups -OCH3 is 1. The van der Waals surface area contributed by atoms with Gasteiger partial charge >= 0.3 is 0 Å². The lowest BCUT2D eigenvalue weighted by molar-refractivity contribution is 0.0942. The molecule has 0 aliphatic carbocycles. The summed E-state index contributed by atoms with van der Waals surface area (Å²) in [6, 6.07) is 20.8. The Kier molecular flexibility index (Phi) is 5.83. The number of rotatable bonds is 7. The number of hydrogen-bond donors (Lipinski definition) is 1. The van der Waals surface area contributed by atoms with E-state index in [1.54, 1.807) is 19.4 Å². The first kappa shape index (κ1) is 17.5. The third-order valence-electron chi connectivity index (χ3n) is 3.82. The van der Waals surface area contributed by atoms with Gasteiger partial charge in [0.2, 0.25) is 0 Å². The summed E-state index contributed by atoms with van der Waals surface area (Å²) >= 11 is 0. The van der Waals surface area contributed by atoms with E-state index in [0.29, 0.717) is 18.8 Å². The second kappa shape index (κ2) is 8.67. The molecule has 0 radical (unpaired) electrons.